The quantitative estimate of drug-likeness (QED) is 0.170. The van der Waals surface area contributed by atoms with Crippen LogP contribution in [0.15, 0.2) is 146 Å². The third-order valence-electron chi connectivity index (χ3n) is 11.2. The molecule has 6 heteroatoms. The highest BCUT2D eigenvalue weighted by Crippen LogP contribution is 2.53. The number of fused-ring (bicyclic) bond motifs is 4. The lowest BCUT2D eigenvalue weighted by Crippen LogP contribution is -2.30. The molecular formula is C49H40N6. The molecule has 9 rings (SSSR count). The van der Waals surface area contributed by atoms with E-state index in [0.29, 0.717) is 11.4 Å². The van der Waals surface area contributed by atoms with E-state index >= 15 is 0 Å². The minimum absolute atomic E-state index is 0. The van der Waals surface area contributed by atoms with Gasteiger partial charge in [-0.05, 0) is 82.9 Å². The molecule has 0 spiro atoms. The summed E-state index contributed by atoms with van der Waals surface area (Å²) < 4.78 is 0. The van der Waals surface area contributed by atoms with E-state index in [1.807, 2.05) is 24.3 Å². The summed E-state index contributed by atoms with van der Waals surface area (Å²) in [6, 6.07) is 53.0. The van der Waals surface area contributed by atoms with Crippen molar-refractivity contribution in [3.8, 4) is 28.6 Å². The highest BCUT2D eigenvalue weighted by atomic mass is 15.2. The number of para-hydroxylation sites is 4. The van der Waals surface area contributed by atoms with E-state index in [0.717, 1.165) is 45.3 Å². The van der Waals surface area contributed by atoms with Crippen molar-refractivity contribution in [3.05, 3.63) is 185 Å². The van der Waals surface area contributed by atoms with Crippen LogP contribution in [0.5, 0.6) is 0 Å². The molecule has 6 aromatic carbocycles. The molecule has 1 aromatic heterocycles. The van der Waals surface area contributed by atoms with Gasteiger partial charge in [0.05, 0.1) is 22.7 Å². The SMILES string of the molecule is C.[C-]#[N+]c1nc(-c2ccc(N3c4ccccc4C(C)(C)c4ccccc43)cc2)c(-c2ccc(N3c4ccccc4C(C)(C)c4ccccc43)cc2)nc1C#N. The molecule has 0 unspecified atom stereocenters. The first-order valence-corrected chi connectivity index (χ1v) is 18.1. The molecular weight excluding hydrogens is 673 g/mol. The number of hydrogen-bond donors (Lipinski definition) is 0. The van der Waals surface area contributed by atoms with Crippen LogP contribution >= 0.6 is 0 Å². The van der Waals surface area contributed by atoms with Crippen molar-refractivity contribution in [1.82, 2.24) is 9.97 Å². The highest BCUT2D eigenvalue weighted by molar-refractivity contribution is 5.89. The lowest BCUT2D eigenvalue weighted by molar-refractivity contribution is 0.632. The fourth-order valence-electron chi connectivity index (χ4n) is 8.41. The van der Waals surface area contributed by atoms with E-state index in [4.69, 9.17) is 16.5 Å². The number of aromatic nitrogens is 2. The summed E-state index contributed by atoms with van der Waals surface area (Å²) in [6.07, 6.45) is 0. The van der Waals surface area contributed by atoms with Crippen LogP contribution in [-0.4, -0.2) is 9.97 Å². The van der Waals surface area contributed by atoms with Gasteiger partial charge in [0, 0.05) is 33.3 Å². The van der Waals surface area contributed by atoms with E-state index < -0.39 is 0 Å². The van der Waals surface area contributed by atoms with Gasteiger partial charge in [0.25, 0.3) is 0 Å². The largest absolute Gasteiger partial charge is 0.358 e. The van der Waals surface area contributed by atoms with Crippen LogP contribution in [0.1, 0.15) is 63.1 Å². The molecule has 0 amide bonds. The molecule has 0 fully saturated rings. The van der Waals surface area contributed by atoms with Gasteiger partial charge in [0.15, 0.2) is 11.4 Å². The van der Waals surface area contributed by atoms with Crippen molar-refractivity contribution in [3.63, 3.8) is 0 Å². The van der Waals surface area contributed by atoms with Crippen LogP contribution in [0.3, 0.4) is 0 Å². The number of nitriles is 1. The normalized spacial score (nSPS) is 14.2. The van der Waals surface area contributed by atoms with Crippen LogP contribution in [0.2, 0.25) is 0 Å². The standard InChI is InChI=1S/C48H36N6.CH4/c1-47(2)35-14-6-10-18-40(35)53(41-19-11-7-15-36(41)47)33-26-22-31(23-27-33)44-45(52-46(50-5)39(30-49)51-44)32-24-28-34(29-25-32)54-42-20-12-8-16-37(42)48(3,4)38-17-9-13-21-43(38)54;/h6-29H,1-4H3;1H4. The molecule has 0 N–H and O–H groups in total. The fraction of sp³-hybridized carbons (Fsp3) is 0.143. The maximum atomic E-state index is 9.99. The zero-order valence-corrected chi connectivity index (χ0v) is 30.5. The number of nitrogens with zero attached hydrogens (tertiary/aromatic N) is 6. The number of rotatable bonds is 4. The molecule has 6 nitrogen and oxygen atoms in total. The van der Waals surface area contributed by atoms with E-state index in [1.165, 1.54) is 22.3 Å². The summed E-state index contributed by atoms with van der Waals surface area (Å²) in [4.78, 5) is 17.7. The Kier molecular flexibility index (Phi) is 8.36. The summed E-state index contributed by atoms with van der Waals surface area (Å²) in [5.74, 6) is -0.0118. The second-order valence-electron chi connectivity index (χ2n) is 14.9. The second kappa shape index (κ2) is 13.1. The molecule has 0 aliphatic carbocycles. The summed E-state index contributed by atoms with van der Waals surface area (Å²) in [7, 11) is 0. The van der Waals surface area contributed by atoms with Crippen molar-refractivity contribution < 1.29 is 0 Å². The zero-order valence-electron chi connectivity index (χ0n) is 30.5. The van der Waals surface area contributed by atoms with Gasteiger partial charge in [-0.1, -0.05) is 127 Å². The summed E-state index contributed by atoms with van der Waals surface area (Å²) in [5.41, 5.74) is 14.1. The molecule has 0 saturated heterocycles. The molecule has 55 heavy (non-hydrogen) atoms. The van der Waals surface area contributed by atoms with Crippen LogP contribution in [-0.2, 0) is 10.8 Å². The summed E-state index contributed by atoms with van der Waals surface area (Å²) >= 11 is 0. The Labute approximate surface area is 323 Å². The lowest BCUT2D eigenvalue weighted by atomic mass is 9.73. The van der Waals surface area contributed by atoms with Gasteiger partial charge >= 0.3 is 5.82 Å². The average Bonchev–Trinajstić information content (AvgIpc) is 3.21. The van der Waals surface area contributed by atoms with Crippen molar-refractivity contribution in [2.24, 2.45) is 0 Å². The van der Waals surface area contributed by atoms with E-state index in [2.05, 4.69) is 170 Å². The number of anilines is 6. The smallest absolute Gasteiger partial charge is 0.307 e. The molecule has 0 radical (unpaired) electrons. The summed E-state index contributed by atoms with van der Waals surface area (Å²) in [6.45, 7) is 16.9. The summed E-state index contributed by atoms with van der Waals surface area (Å²) in [5, 5.41) is 9.99. The van der Waals surface area contributed by atoms with Gasteiger partial charge in [-0.25, -0.2) is 4.98 Å². The Bertz CT molecular complexity index is 2410. The predicted molar refractivity (Wildman–Crippen MR) is 224 cm³/mol. The topological polar surface area (TPSA) is 60.4 Å². The Balaban J connectivity index is 0.00000427. The Hall–Kier alpha value is -7.02. The van der Waals surface area contributed by atoms with Crippen molar-refractivity contribution >= 4 is 39.9 Å². The van der Waals surface area contributed by atoms with Crippen LogP contribution in [0.25, 0.3) is 27.4 Å². The van der Waals surface area contributed by atoms with Crippen molar-refractivity contribution in [1.29, 1.82) is 5.26 Å². The molecule has 2 aliphatic heterocycles. The maximum Gasteiger partial charge on any atom is 0.307 e. The third kappa shape index (κ3) is 5.38. The molecule has 0 bridgehead atoms. The van der Waals surface area contributed by atoms with Crippen molar-refractivity contribution in [2.75, 3.05) is 9.80 Å². The van der Waals surface area contributed by atoms with Gasteiger partial charge in [-0.2, -0.15) is 5.26 Å². The van der Waals surface area contributed by atoms with E-state index in [-0.39, 0.29) is 29.8 Å². The Morgan fingerprint density at radius 3 is 1.16 bits per heavy atom. The third-order valence-corrected chi connectivity index (χ3v) is 11.2. The van der Waals surface area contributed by atoms with Gasteiger partial charge in [-0.3, -0.25) is 0 Å². The monoisotopic (exact) mass is 712 g/mol. The first-order valence-electron chi connectivity index (χ1n) is 18.1. The zero-order chi connectivity index (χ0) is 37.2. The first-order chi connectivity index (χ1) is 26.2. The van der Waals surface area contributed by atoms with Gasteiger partial charge in [0.2, 0.25) is 0 Å². The molecule has 2 aliphatic rings. The molecule has 266 valence electrons. The second-order valence-corrected chi connectivity index (χ2v) is 14.9. The average molecular weight is 713 g/mol. The number of hydrogen-bond acceptors (Lipinski definition) is 5. The number of benzene rings is 6. The molecule has 0 atom stereocenters. The highest BCUT2D eigenvalue weighted by Gasteiger charge is 2.38. The van der Waals surface area contributed by atoms with E-state index in [9.17, 15) is 5.26 Å². The Morgan fingerprint density at radius 1 is 0.509 bits per heavy atom. The molecule has 3 heterocycles. The maximum absolute atomic E-state index is 9.99. The van der Waals surface area contributed by atoms with Gasteiger partial charge in [-0.15, -0.1) is 4.98 Å². The van der Waals surface area contributed by atoms with E-state index in [1.54, 1.807) is 0 Å². The van der Waals surface area contributed by atoms with Crippen LogP contribution in [0, 0.1) is 17.9 Å². The molecule has 0 saturated carbocycles. The Morgan fingerprint density at radius 2 is 0.836 bits per heavy atom. The van der Waals surface area contributed by atoms with Gasteiger partial charge in [0.1, 0.15) is 11.8 Å². The first kappa shape index (κ1) is 35.0. The fourth-order valence-corrected chi connectivity index (χ4v) is 8.41. The van der Waals surface area contributed by atoms with Crippen molar-refractivity contribution in [2.45, 2.75) is 46.0 Å². The van der Waals surface area contributed by atoms with Gasteiger partial charge < -0.3 is 14.6 Å². The molecule has 7 aromatic rings. The lowest BCUT2D eigenvalue weighted by Gasteiger charge is -2.42. The van der Waals surface area contributed by atoms with Crippen LogP contribution < -0.4 is 9.80 Å². The minimum Gasteiger partial charge on any atom is -0.358 e. The minimum atomic E-state index is -0.153. The predicted octanol–water partition coefficient (Wildman–Crippen LogP) is 13.1. The van der Waals surface area contributed by atoms with Crippen LogP contribution in [0.4, 0.5) is 39.9 Å².